The second kappa shape index (κ2) is 11.0. The Morgan fingerprint density at radius 2 is 1.70 bits per heavy atom. The fraction of sp³-hybridized carbons (Fsp3) is 0.476. The van der Waals surface area contributed by atoms with Gasteiger partial charge >= 0.3 is 0 Å². The highest BCUT2D eigenvalue weighted by molar-refractivity contribution is 6.04. The summed E-state index contributed by atoms with van der Waals surface area (Å²) in [6, 6.07) is 10.2. The van der Waals surface area contributed by atoms with Crippen LogP contribution in [0, 0.1) is 0 Å². The van der Waals surface area contributed by atoms with Gasteiger partial charge in [0, 0.05) is 5.57 Å². The van der Waals surface area contributed by atoms with E-state index >= 15 is 0 Å². The molecule has 1 unspecified atom stereocenters. The van der Waals surface area contributed by atoms with Gasteiger partial charge in [0.15, 0.2) is 5.78 Å². The molecule has 0 fully saturated rings. The molecule has 1 aromatic carbocycles. The maximum absolute atomic E-state index is 13.1. The van der Waals surface area contributed by atoms with E-state index in [2.05, 4.69) is 24.0 Å². The third-order valence-electron chi connectivity index (χ3n) is 4.12. The normalized spacial score (nSPS) is 14.3. The van der Waals surface area contributed by atoms with Crippen LogP contribution in [0.15, 0.2) is 54.1 Å². The molecule has 128 valence electrons. The molecule has 0 N–H and O–H groups in total. The highest BCUT2D eigenvalue weighted by Gasteiger charge is 2.39. The minimum atomic E-state index is -0.497. The SMILES string of the molecule is C/C=C\C(=C/C)C(=O)C(CC)(Cc1ccccc1)N(C)C.CC. The van der Waals surface area contributed by atoms with Gasteiger partial charge in [-0.15, -0.1) is 0 Å². The maximum Gasteiger partial charge on any atom is 0.183 e. The Hall–Kier alpha value is -1.67. The predicted molar refractivity (Wildman–Crippen MR) is 102 cm³/mol. The molecule has 0 bridgehead atoms. The van der Waals surface area contributed by atoms with Gasteiger partial charge in [-0.05, 0) is 46.3 Å². The van der Waals surface area contributed by atoms with Crippen molar-refractivity contribution in [2.75, 3.05) is 14.1 Å². The van der Waals surface area contributed by atoms with E-state index < -0.39 is 5.54 Å². The smallest absolute Gasteiger partial charge is 0.183 e. The molecule has 0 saturated carbocycles. The van der Waals surface area contributed by atoms with Crippen molar-refractivity contribution in [3.8, 4) is 0 Å². The molecule has 0 amide bonds. The van der Waals surface area contributed by atoms with Crippen LogP contribution in [0.3, 0.4) is 0 Å². The first-order valence-electron chi connectivity index (χ1n) is 8.57. The molecule has 0 aliphatic rings. The molecule has 1 aromatic rings. The topological polar surface area (TPSA) is 20.3 Å². The fourth-order valence-electron chi connectivity index (χ4n) is 2.73. The van der Waals surface area contributed by atoms with E-state index in [0.29, 0.717) is 0 Å². The lowest BCUT2D eigenvalue weighted by Gasteiger charge is -2.38. The van der Waals surface area contributed by atoms with E-state index in [4.69, 9.17) is 0 Å². The van der Waals surface area contributed by atoms with Gasteiger partial charge < -0.3 is 0 Å². The number of ketones is 1. The number of carbonyl (C=O) groups excluding carboxylic acids is 1. The molecule has 0 aliphatic carbocycles. The highest BCUT2D eigenvalue weighted by atomic mass is 16.1. The van der Waals surface area contributed by atoms with Crippen molar-refractivity contribution in [1.29, 1.82) is 0 Å². The molecule has 0 aromatic heterocycles. The summed E-state index contributed by atoms with van der Waals surface area (Å²) in [4.78, 5) is 15.2. The van der Waals surface area contributed by atoms with Crippen LogP contribution in [0.4, 0.5) is 0 Å². The molecule has 0 saturated heterocycles. The number of carbonyl (C=O) groups is 1. The average Bonchev–Trinajstić information content (AvgIpc) is 2.59. The minimum Gasteiger partial charge on any atom is -0.297 e. The van der Waals surface area contributed by atoms with E-state index in [1.165, 1.54) is 5.56 Å². The summed E-state index contributed by atoms with van der Waals surface area (Å²) >= 11 is 0. The Kier molecular flexibility index (Phi) is 10.2. The van der Waals surface area contributed by atoms with Crippen LogP contribution in [0.2, 0.25) is 0 Å². The number of hydrogen-bond acceptors (Lipinski definition) is 2. The van der Waals surface area contributed by atoms with Crippen LogP contribution >= 0.6 is 0 Å². The van der Waals surface area contributed by atoms with Crippen LogP contribution in [-0.2, 0) is 11.2 Å². The minimum absolute atomic E-state index is 0.194. The number of nitrogens with zero attached hydrogens (tertiary/aromatic N) is 1. The van der Waals surface area contributed by atoms with Gasteiger partial charge in [0.05, 0.1) is 5.54 Å². The van der Waals surface area contributed by atoms with Gasteiger partial charge in [-0.2, -0.15) is 0 Å². The van der Waals surface area contributed by atoms with Crippen LogP contribution < -0.4 is 0 Å². The molecular formula is C21H33NO. The van der Waals surface area contributed by atoms with E-state index in [-0.39, 0.29) is 5.78 Å². The molecule has 0 spiro atoms. The van der Waals surface area contributed by atoms with E-state index in [0.717, 1.165) is 18.4 Å². The Labute approximate surface area is 142 Å². The Balaban J connectivity index is 0.00000232. The van der Waals surface area contributed by atoms with Gasteiger partial charge in [-0.25, -0.2) is 0 Å². The van der Waals surface area contributed by atoms with Crippen LogP contribution in [0.25, 0.3) is 0 Å². The predicted octanol–water partition coefficient (Wildman–Crippen LogP) is 5.06. The number of benzene rings is 1. The molecule has 1 rings (SSSR count). The second-order valence-electron chi connectivity index (χ2n) is 5.52. The van der Waals surface area contributed by atoms with Crippen LogP contribution in [0.1, 0.15) is 46.6 Å². The monoisotopic (exact) mass is 315 g/mol. The largest absolute Gasteiger partial charge is 0.297 e. The van der Waals surface area contributed by atoms with Crippen molar-refractivity contribution in [1.82, 2.24) is 4.90 Å². The standard InChI is InChI=1S/C19H27NO.C2H6/c1-6-12-17(7-2)18(21)19(8-3,20(4)5)15-16-13-10-9-11-14-16;1-2/h6-7,9-14H,8,15H2,1-5H3;1-2H3/b12-6-,17-7+;. The molecular weight excluding hydrogens is 282 g/mol. The first-order valence-corrected chi connectivity index (χ1v) is 8.57. The molecule has 1 atom stereocenters. The number of allylic oxidation sites excluding steroid dienone is 3. The van der Waals surface area contributed by atoms with E-state index in [1.807, 2.05) is 78.2 Å². The Morgan fingerprint density at radius 3 is 2.09 bits per heavy atom. The lowest BCUT2D eigenvalue weighted by Crippen LogP contribution is -2.53. The summed E-state index contributed by atoms with van der Waals surface area (Å²) in [5.41, 5.74) is 1.48. The molecule has 0 radical (unpaired) electrons. The van der Waals surface area contributed by atoms with Crippen molar-refractivity contribution < 1.29 is 4.79 Å². The third kappa shape index (κ3) is 5.47. The number of hydrogen-bond donors (Lipinski definition) is 0. The van der Waals surface area contributed by atoms with E-state index in [9.17, 15) is 4.79 Å². The molecule has 0 heterocycles. The summed E-state index contributed by atoms with van der Waals surface area (Å²) in [5, 5.41) is 0. The molecule has 23 heavy (non-hydrogen) atoms. The zero-order valence-corrected chi connectivity index (χ0v) is 15.9. The zero-order valence-electron chi connectivity index (χ0n) is 15.9. The van der Waals surface area contributed by atoms with Gasteiger partial charge in [-0.1, -0.05) is 69.3 Å². The van der Waals surface area contributed by atoms with Gasteiger partial charge in [-0.3, -0.25) is 9.69 Å². The molecule has 2 heteroatoms. The lowest BCUT2D eigenvalue weighted by molar-refractivity contribution is -0.125. The van der Waals surface area contributed by atoms with Crippen molar-refractivity contribution >= 4 is 5.78 Å². The lowest BCUT2D eigenvalue weighted by atomic mass is 9.80. The summed E-state index contributed by atoms with van der Waals surface area (Å²) in [6.45, 7) is 9.95. The van der Waals surface area contributed by atoms with Gasteiger partial charge in [0.2, 0.25) is 0 Å². The summed E-state index contributed by atoms with van der Waals surface area (Å²) in [6.07, 6.45) is 7.24. The Morgan fingerprint density at radius 1 is 1.13 bits per heavy atom. The number of rotatable bonds is 7. The van der Waals surface area contributed by atoms with Gasteiger partial charge in [0.1, 0.15) is 0 Å². The summed E-state index contributed by atoms with van der Waals surface area (Å²) in [5.74, 6) is 0.194. The van der Waals surface area contributed by atoms with Crippen LogP contribution in [-0.4, -0.2) is 30.3 Å². The van der Waals surface area contributed by atoms with Crippen LogP contribution in [0.5, 0.6) is 0 Å². The molecule has 0 aliphatic heterocycles. The summed E-state index contributed by atoms with van der Waals surface area (Å²) in [7, 11) is 3.99. The van der Waals surface area contributed by atoms with E-state index in [1.54, 1.807) is 0 Å². The first kappa shape index (κ1) is 21.3. The molecule has 2 nitrogen and oxygen atoms in total. The second-order valence-corrected chi connectivity index (χ2v) is 5.52. The maximum atomic E-state index is 13.1. The van der Waals surface area contributed by atoms with Gasteiger partial charge in [0.25, 0.3) is 0 Å². The number of likely N-dealkylation sites (N-methyl/N-ethyl adjacent to an activating group) is 1. The van der Waals surface area contributed by atoms with Crippen molar-refractivity contribution in [3.05, 3.63) is 59.7 Å². The Bertz CT molecular complexity index is 514. The fourth-order valence-corrected chi connectivity index (χ4v) is 2.73. The average molecular weight is 316 g/mol. The number of Topliss-reactive ketones (excluding diaryl/α,β-unsaturated/α-hetero) is 1. The summed E-state index contributed by atoms with van der Waals surface area (Å²) < 4.78 is 0. The van der Waals surface area contributed by atoms with Crippen molar-refractivity contribution in [3.63, 3.8) is 0 Å². The first-order chi connectivity index (χ1) is 11.0. The highest BCUT2D eigenvalue weighted by Crippen LogP contribution is 2.27. The third-order valence-corrected chi connectivity index (χ3v) is 4.12. The quantitative estimate of drug-likeness (QED) is 0.518. The van der Waals surface area contributed by atoms with Crippen molar-refractivity contribution in [2.45, 2.75) is 53.0 Å². The van der Waals surface area contributed by atoms with Crippen molar-refractivity contribution in [2.24, 2.45) is 0 Å². The zero-order chi connectivity index (χ0) is 17.9.